The molecule has 0 aromatic rings. The smallest absolute Gasteiger partial charge is 0.223 e. The van der Waals surface area contributed by atoms with Gasteiger partial charge in [0, 0.05) is 69.5 Å². The topological polar surface area (TPSA) is 212 Å². The first-order valence-corrected chi connectivity index (χ1v) is 19.9. The summed E-state index contributed by atoms with van der Waals surface area (Å²) in [6.45, 7) is 11.3. The molecule has 12 nitrogen and oxygen atoms in total. The van der Waals surface area contributed by atoms with Crippen molar-refractivity contribution in [3.05, 3.63) is 0 Å². The van der Waals surface area contributed by atoms with E-state index in [4.69, 9.17) is 22.9 Å². The van der Waals surface area contributed by atoms with Crippen molar-refractivity contribution in [3.8, 4) is 0 Å². The molecule has 1 aliphatic rings. The first kappa shape index (κ1) is 46.2. The van der Waals surface area contributed by atoms with Crippen LogP contribution in [0.15, 0.2) is 0 Å². The Balaban J connectivity index is 3.83. The first-order valence-electron chi connectivity index (χ1n) is 19.9. The number of carbonyl (C=O) groups is 4. The van der Waals surface area contributed by atoms with Crippen LogP contribution < -0.4 is 38.9 Å². The van der Waals surface area contributed by atoms with E-state index in [1.165, 1.54) is 0 Å². The van der Waals surface area contributed by atoms with Gasteiger partial charge >= 0.3 is 0 Å². The quantitative estimate of drug-likeness (QED) is 0.0606. The summed E-state index contributed by atoms with van der Waals surface area (Å²) in [6, 6.07) is -1.14. The standard InChI is InChI=1S/C38H76N8O4/c1-29(39)15-5-9-19-33(47)37-38(34(48)20-10-6-16-30(2)40,35(49)21-11-7-17-31(3)41)46(36(50)22-12-8-18-32(4)42)28-14-24-44-27-26-43-23-13-25-45-37/h29-32,37,43-45H,5-28,39-42H2,1-4H3. The van der Waals surface area contributed by atoms with Gasteiger partial charge in [-0.3, -0.25) is 19.2 Å². The van der Waals surface area contributed by atoms with E-state index >= 15 is 9.59 Å². The van der Waals surface area contributed by atoms with Crippen molar-refractivity contribution in [1.82, 2.24) is 20.9 Å². The number of carbonyl (C=O) groups excluding carboxylic acids is 4. The summed E-state index contributed by atoms with van der Waals surface area (Å²) in [6.07, 6.45) is 10.00. The molecular formula is C38H76N8O4. The average Bonchev–Trinajstić information content (AvgIpc) is 3.05. The number of Topliss-reactive ketones (excluding diaryl/α,β-unsaturated/α-hetero) is 3. The minimum absolute atomic E-state index is 0.0114. The van der Waals surface area contributed by atoms with Gasteiger partial charge in [0.05, 0.1) is 0 Å². The Bertz CT molecular complexity index is 885. The van der Waals surface area contributed by atoms with Crippen LogP contribution in [-0.4, -0.2) is 103 Å². The van der Waals surface area contributed by atoms with Crippen molar-refractivity contribution in [2.45, 2.75) is 179 Å². The molecule has 1 saturated heterocycles. The third kappa shape index (κ3) is 18.1. The van der Waals surface area contributed by atoms with E-state index in [1.807, 2.05) is 27.7 Å². The summed E-state index contributed by atoms with van der Waals surface area (Å²) in [5.41, 5.74) is 22.1. The largest absolute Gasteiger partial charge is 0.328 e. The summed E-state index contributed by atoms with van der Waals surface area (Å²) < 4.78 is 0. The molecule has 11 N–H and O–H groups in total. The minimum atomic E-state index is -1.95. The molecule has 1 amide bonds. The molecule has 12 heteroatoms. The predicted molar refractivity (Wildman–Crippen MR) is 205 cm³/mol. The van der Waals surface area contributed by atoms with Gasteiger partial charge in [0.2, 0.25) is 5.91 Å². The number of amides is 1. The zero-order chi connectivity index (χ0) is 37.4. The van der Waals surface area contributed by atoms with Gasteiger partial charge in [0.15, 0.2) is 22.9 Å². The lowest BCUT2D eigenvalue weighted by Crippen LogP contribution is -2.73. The van der Waals surface area contributed by atoms with Crippen LogP contribution in [0.4, 0.5) is 0 Å². The van der Waals surface area contributed by atoms with Gasteiger partial charge in [-0.05, 0) is 112 Å². The molecule has 1 rings (SSSR count). The Hall–Kier alpha value is -1.80. The Labute approximate surface area is 304 Å². The molecule has 0 aromatic carbocycles. The first-order chi connectivity index (χ1) is 23.8. The summed E-state index contributed by atoms with van der Waals surface area (Å²) >= 11 is 0. The van der Waals surface area contributed by atoms with E-state index in [9.17, 15) is 9.59 Å². The zero-order valence-corrected chi connectivity index (χ0v) is 32.2. The SMILES string of the molecule is CC(N)CCCCC(=O)C1NCCCNCCNCCCN(C(=O)CCCCC(C)N)C1(C(=O)CCCCC(C)N)C(=O)CCCCC(C)N. The van der Waals surface area contributed by atoms with E-state index in [2.05, 4.69) is 16.0 Å². The van der Waals surface area contributed by atoms with Crippen LogP contribution in [0.5, 0.6) is 0 Å². The minimum Gasteiger partial charge on any atom is -0.328 e. The van der Waals surface area contributed by atoms with Gasteiger partial charge in [0.25, 0.3) is 0 Å². The number of nitrogens with one attached hydrogen (secondary N) is 3. The Kier molecular flexibility index (Phi) is 24.9. The molecule has 5 atom stereocenters. The molecule has 50 heavy (non-hydrogen) atoms. The predicted octanol–water partition coefficient (Wildman–Crippen LogP) is 2.82. The Morgan fingerprint density at radius 2 is 1.00 bits per heavy atom. The zero-order valence-electron chi connectivity index (χ0n) is 32.2. The highest BCUT2D eigenvalue weighted by atomic mass is 16.2. The molecule has 1 heterocycles. The van der Waals surface area contributed by atoms with Crippen LogP contribution in [0.3, 0.4) is 0 Å². The highest BCUT2D eigenvalue weighted by Gasteiger charge is 2.58. The highest BCUT2D eigenvalue weighted by Crippen LogP contribution is 2.32. The third-order valence-corrected chi connectivity index (χ3v) is 9.67. The maximum atomic E-state index is 15.0. The van der Waals surface area contributed by atoms with Gasteiger partial charge in [-0.25, -0.2) is 0 Å². The van der Waals surface area contributed by atoms with E-state index in [-0.39, 0.29) is 79.7 Å². The van der Waals surface area contributed by atoms with Crippen LogP contribution in [0, 0.1) is 0 Å². The van der Waals surface area contributed by atoms with Gasteiger partial charge in [0.1, 0.15) is 6.04 Å². The molecule has 1 fully saturated rings. The van der Waals surface area contributed by atoms with Crippen LogP contribution >= 0.6 is 0 Å². The molecule has 0 spiro atoms. The van der Waals surface area contributed by atoms with E-state index in [0.717, 1.165) is 58.2 Å². The molecule has 0 bridgehead atoms. The van der Waals surface area contributed by atoms with Crippen molar-refractivity contribution < 1.29 is 19.2 Å². The van der Waals surface area contributed by atoms with E-state index in [0.29, 0.717) is 64.5 Å². The number of ketones is 3. The van der Waals surface area contributed by atoms with E-state index < -0.39 is 11.6 Å². The van der Waals surface area contributed by atoms with Crippen molar-refractivity contribution in [1.29, 1.82) is 0 Å². The summed E-state index contributed by atoms with van der Waals surface area (Å²) in [4.78, 5) is 60.7. The molecule has 5 unspecified atom stereocenters. The lowest BCUT2D eigenvalue weighted by Gasteiger charge is -2.47. The van der Waals surface area contributed by atoms with Crippen LogP contribution in [0.25, 0.3) is 0 Å². The van der Waals surface area contributed by atoms with Crippen LogP contribution in [0.2, 0.25) is 0 Å². The molecular weight excluding hydrogens is 632 g/mol. The molecule has 0 aliphatic carbocycles. The second-order valence-electron chi connectivity index (χ2n) is 15.1. The number of unbranched alkanes of at least 4 members (excludes halogenated alkanes) is 4. The summed E-state index contributed by atoms with van der Waals surface area (Å²) in [5.74, 6) is -1.14. The fraction of sp³-hybridized carbons (Fsp3) is 0.895. The highest BCUT2D eigenvalue weighted by molar-refractivity contribution is 6.18. The van der Waals surface area contributed by atoms with Crippen LogP contribution in [-0.2, 0) is 19.2 Å². The fourth-order valence-electron chi connectivity index (χ4n) is 6.85. The maximum Gasteiger partial charge on any atom is 0.223 e. The number of nitrogens with two attached hydrogens (primary N) is 4. The molecule has 0 saturated carbocycles. The van der Waals surface area contributed by atoms with Gasteiger partial charge in [-0.15, -0.1) is 0 Å². The second kappa shape index (κ2) is 26.9. The average molecular weight is 709 g/mol. The van der Waals surface area contributed by atoms with Gasteiger partial charge in [-0.1, -0.05) is 25.7 Å². The van der Waals surface area contributed by atoms with Crippen molar-refractivity contribution in [2.24, 2.45) is 22.9 Å². The Morgan fingerprint density at radius 3 is 1.46 bits per heavy atom. The number of nitrogens with zero attached hydrogens (tertiary/aromatic N) is 1. The lowest BCUT2D eigenvalue weighted by molar-refractivity contribution is -0.160. The molecule has 0 aromatic heterocycles. The van der Waals surface area contributed by atoms with E-state index in [1.54, 1.807) is 4.90 Å². The lowest BCUT2D eigenvalue weighted by atomic mass is 9.73. The van der Waals surface area contributed by atoms with Crippen molar-refractivity contribution >= 4 is 23.3 Å². The fourth-order valence-corrected chi connectivity index (χ4v) is 6.85. The normalized spacial score (nSPS) is 22.2. The molecule has 1 aliphatic heterocycles. The number of hydrogen-bond donors (Lipinski definition) is 7. The monoisotopic (exact) mass is 709 g/mol. The molecule has 0 radical (unpaired) electrons. The van der Waals surface area contributed by atoms with Crippen molar-refractivity contribution in [2.75, 3.05) is 39.3 Å². The van der Waals surface area contributed by atoms with Crippen molar-refractivity contribution in [3.63, 3.8) is 0 Å². The van der Waals surface area contributed by atoms with Gasteiger partial charge in [-0.2, -0.15) is 0 Å². The number of hydrogen-bond acceptors (Lipinski definition) is 11. The Morgan fingerprint density at radius 1 is 0.580 bits per heavy atom. The summed E-state index contributed by atoms with van der Waals surface area (Å²) in [5, 5.41) is 10.3. The molecule has 292 valence electrons. The third-order valence-electron chi connectivity index (χ3n) is 9.67. The summed E-state index contributed by atoms with van der Waals surface area (Å²) in [7, 11) is 0. The van der Waals surface area contributed by atoms with Gasteiger partial charge < -0.3 is 43.8 Å². The maximum absolute atomic E-state index is 15.0. The second-order valence-corrected chi connectivity index (χ2v) is 15.1. The number of rotatable bonds is 23. The van der Waals surface area contributed by atoms with Crippen LogP contribution in [0.1, 0.15) is 143 Å².